The van der Waals surface area contributed by atoms with Crippen LogP contribution in [0.15, 0.2) is 18.2 Å². The molecule has 3 nitrogen and oxygen atoms in total. The molecule has 1 aromatic carbocycles. The average Bonchev–Trinajstić information content (AvgIpc) is 2.23. The molecule has 0 radical (unpaired) electrons. The van der Waals surface area contributed by atoms with Crippen molar-refractivity contribution in [1.29, 1.82) is 0 Å². The van der Waals surface area contributed by atoms with Gasteiger partial charge in [-0.1, -0.05) is 12.1 Å². The van der Waals surface area contributed by atoms with Crippen LogP contribution in [-0.2, 0) is 4.79 Å². The summed E-state index contributed by atoms with van der Waals surface area (Å²) in [5.74, 6) is -0.0382. The number of hydrogen-bond donors (Lipinski definition) is 2. The molecular weight excluding hydrogens is 236 g/mol. The van der Waals surface area contributed by atoms with E-state index in [1.165, 1.54) is 0 Å². The molecule has 1 amide bonds. The smallest absolute Gasteiger partial charge is 0.231 e. The standard InChI is InChI=1S/C13H20N2O.ClH/c1-9-5-6-10(2)11(7-9)15-12(16)13(3,4)8-14;/h5-7H,8,14H2,1-4H3,(H,15,16);1H. The fourth-order valence-corrected chi connectivity index (χ4v) is 1.25. The van der Waals surface area contributed by atoms with Gasteiger partial charge in [0, 0.05) is 12.2 Å². The molecule has 0 heterocycles. The molecule has 0 unspecified atom stereocenters. The summed E-state index contributed by atoms with van der Waals surface area (Å²) in [6.07, 6.45) is 0. The number of nitrogens with two attached hydrogens (primary N) is 1. The second-order valence-electron chi connectivity index (χ2n) is 4.86. The third kappa shape index (κ3) is 4.02. The Bertz CT molecular complexity index is 402. The Kier molecular flexibility index (Phi) is 5.66. The molecule has 0 atom stereocenters. The van der Waals surface area contributed by atoms with E-state index < -0.39 is 5.41 Å². The SMILES string of the molecule is Cc1ccc(C)c(NC(=O)C(C)(C)CN)c1.Cl. The number of halogens is 1. The highest BCUT2D eigenvalue weighted by atomic mass is 35.5. The fraction of sp³-hybridized carbons (Fsp3) is 0.462. The van der Waals surface area contributed by atoms with Crippen molar-refractivity contribution in [2.45, 2.75) is 27.7 Å². The number of rotatable bonds is 3. The molecule has 4 heteroatoms. The molecule has 1 aromatic rings. The molecule has 3 N–H and O–H groups in total. The first-order valence-electron chi connectivity index (χ1n) is 5.45. The zero-order valence-electron chi connectivity index (χ0n) is 10.8. The van der Waals surface area contributed by atoms with Gasteiger partial charge in [0.1, 0.15) is 0 Å². The molecule has 17 heavy (non-hydrogen) atoms. The summed E-state index contributed by atoms with van der Waals surface area (Å²) in [6.45, 7) is 8.00. The highest BCUT2D eigenvalue weighted by Crippen LogP contribution is 2.20. The van der Waals surface area contributed by atoms with E-state index in [1.807, 2.05) is 45.9 Å². The van der Waals surface area contributed by atoms with Crippen LogP contribution in [0.25, 0.3) is 0 Å². The Morgan fingerprint density at radius 2 is 1.94 bits per heavy atom. The Morgan fingerprint density at radius 1 is 1.35 bits per heavy atom. The summed E-state index contributed by atoms with van der Waals surface area (Å²) in [5, 5.41) is 2.92. The molecule has 0 aliphatic carbocycles. The van der Waals surface area contributed by atoms with Crippen LogP contribution in [0.5, 0.6) is 0 Å². The molecule has 1 rings (SSSR count). The zero-order chi connectivity index (χ0) is 12.3. The molecule has 96 valence electrons. The Morgan fingerprint density at radius 3 is 2.47 bits per heavy atom. The van der Waals surface area contributed by atoms with Crippen molar-refractivity contribution in [1.82, 2.24) is 0 Å². The van der Waals surface area contributed by atoms with E-state index in [0.29, 0.717) is 6.54 Å². The van der Waals surface area contributed by atoms with E-state index in [1.54, 1.807) is 0 Å². The molecule has 0 aliphatic rings. The minimum atomic E-state index is -0.532. The summed E-state index contributed by atoms with van der Waals surface area (Å²) in [7, 11) is 0. The second kappa shape index (κ2) is 6.03. The van der Waals surface area contributed by atoms with Gasteiger partial charge in [0.25, 0.3) is 0 Å². The van der Waals surface area contributed by atoms with Crippen LogP contribution < -0.4 is 11.1 Å². The number of anilines is 1. The van der Waals surface area contributed by atoms with Gasteiger partial charge >= 0.3 is 0 Å². The molecule has 0 aliphatic heterocycles. The van der Waals surface area contributed by atoms with Crippen molar-refractivity contribution < 1.29 is 4.79 Å². The highest BCUT2D eigenvalue weighted by molar-refractivity contribution is 5.95. The lowest BCUT2D eigenvalue weighted by atomic mass is 9.92. The van der Waals surface area contributed by atoms with Crippen LogP contribution in [0.1, 0.15) is 25.0 Å². The normalized spacial score (nSPS) is 10.6. The Balaban J connectivity index is 0.00000256. The average molecular weight is 257 g/mol. The van der Waals surface area contributed by atoms with E-state index >= 15 is 0 Å². The summed E-state index contributed by atoms with van der Waals surface area (Å²) in [6, 6.07) is 6.00. The van der Waals surface area contributed by atoms with Crippen LogP contribution >= 0.6 is 12.4 Å². The molecule has 0 saturated heterocycles. The molecule has 0 spiro atoms. The topological polar surface area (TPSA) is 55.1 Å². The number of carbonyl (C=O) groups excluding carboxylic acids is 1. The third-order valence-corrected chi connectivity index (χ3v) is 2.77. The molecule has 0 aromatic heterocycles. The van der Waals surface area contributed by atoms with E-state index in [2.05, 4.69) is 5.32 Å². The summed E-state index contributed by atoms with van der Waals surface area (Å²) >= 11 is 0. The highest BCUT2D eigenvalue weighted by Gasteiger charge is 2.25. The summed E-state index contributed by atoms with van der Waals surface area (Å²) < 4.78 is 0. The Hall–Kier alpha value is -1.06. The maximum atomic E-state index is 11.9. The maximum absolute atomic E-state index is 11.9. The lowest BCUT2D eigenvalue weighted by Crippen LogP contribution is -2.37. The lowest BCUT2D eigenvalue weighted by molar-refractivity contribution is -0.123. The monoisotopic (exact) mass is 256 g/mol. The van der Waals surface area contributed by atoms with Crippen molar-refractivity contribution in [3.63, 3.8) is 0 Å². The quantitative estimate of drug-likeness (QED) is 0.874. The minimum Gasteiger partial charge on any atom is -0.329 e. The first-order valence-corrected chi connectivity index (χ1v) is 5.45. The molecular formula is C13H21ClN2O. The van der Waals surface area contributed by atoms with Crippen LogP contribution in [0.2, 0.25) is 0 Å². The first-order chi connectivity index (χ1) is 7.36. The van der Waals surface area contributed by atoms with Gasteiger partial charge < -0.3 is 11.1 Å². The van der Waals surface area contributed by atoms with Crippen molar-refractivity contribution >= 4 is 24.0 Å². The zero-order valence-corrected chi connectivity index (χ0v) is 11.6. The minimum absolute atomic E-state index is 0. The van der Waals surface area contributed by atoms with Crippen LogP contribution in [-0.4, -0.2) is 12.5 Å². The van der Waals surface area contributed by atoms with Crippen molar-refractivity contribution in [2.24, 2.45) is 11.1 Å². The number of hydrogen-bond acceptors (Lipinski definition) is 2. The first kappa shape index (κ1) is 15.9. The number of aryl methyl sites for hydroxylation is 2. The predicted molar refractivity (Wildman–Crippen MR) is 74.6 cm³/mol. The molecule has 0 saturated carbocycles. The van der Waals surface area contributed by atoms with E-state index in [0.717, 1.165) is 16.8 Å². The number of amides is 1. The van der Waals surface area contributed by atoms with Crippen molar-refractivity contribution in [3.8, 4) is 0 Å². The predicted octanol–water partition coefficient (Wildman–Crippen LogP) is 2.65. The number of benzene rings is 1. The number of nitrogens with one attached hydrogen (secondary N) is 1. The maximum Gasteiger partial charge on any atom is 0.231 e. The molecule has 0 fully saturated rings. The van der Waals surface area contributed by atoms with Gasteiger partial charge in [-0.05, 0) is 44.9 Å². The van der Waals surface area contributed by atoms with E-state index in [9.17, 15) is 4.79 Å². The van der Waals surface area contributed by atoms with Gasteiger partial charge in [-0.15, -0.1) is 12.4 Å². The summed E-state index contributed by atoms with van der Waals surface area (Å²) in [4.78, 5) is 11.9. The van der Waals surface area contributed by atoms with Gasteiger partial charge in [0.15, 0.2) is 0 Å². The number of carbonyl (C=O) groups is 1. The van der Waals surface area contributed by atoms with Crippen LogP contribution in [0.3, 0.4) is 0 Å². The van der Waals surface area contributed by atoms with Gasteiger partial charge in [0.2, 0.25) is 5.91 Å². The van der Waals surface area contributed by atoms with Gasteiger partial charge in [-0.25, -0.2) is 0 Å². The third-order valence-electron chi connectivity index (χ3n) is 2.77. The van der Waals surface area contributed by atoms with Crippen LogP contribution in [0, 0.1) is 19.3 Å². The van der Waals surface area contributed by atoms with Gasteiger partial charge in [-0.3, -0.25) is 4.79 Å². The van der Waals surface area contributed by atoms with Crippen molar-refractivity contribution in [2.75, 3.05) is 11.9 Å². The largest absolute Gasteiger partial charge is 0.329 e. The van der Waals surface area contributed by atoms with Gasteiger partial charge in [-0.2, -0.15) is 0 Å². The van der Waals surface area contributed by atoms with Gasteiger partial charge in [0.05, 0.1) is 5.41 Å². The molecule has 0 bridgehead atoms. The van der Waals surface area contributed by atoms with Crippen molar-refractivity contribution in [3.05, 3.63) is 29.3 Å². The summed E-state index contributed by atoms with van der Waals surface area (Å²) in [5.41, 5.74) is 8.10. The Labute approximate surface area is 109 Å². The van der Waals surface area contributed by atoms with Crippen LogP contribution in [0.4, 0.5) is 5.69 Å². The fourth-order valence-electron chi connectivity index (χ4n) is 1.25. The lowest BCUT2D eigenvalue weighted by Gasteiger charge is -2.22. The van der Waals surface area contributed by atoms with E-state index in [-0.39, 0.29) is 18.3 Å². The second-order valence-corrected chi connectivity index (χ2v) is 4.86. The van der Waals surface area contributed by atoms with E-state index in [4.69, 9.17) is 5.73 Å².